The summed E-state index contributed by atoms with van der Waals surface area (Å²) < 4.78 is 0. The van der Waals surface area contributed by atoms with Gasteiger partial charge in [-0.15, -0.1) is 0 Å². The molecule has 1 N–H and O–H groups in total. The first-order chi connectivity index (χ1) is 6.27. The fourth-order valence-electron chi connectivity index (χ4n) is 2.57. The molecule has 2 fully saturated rings. The van der Waals surface area contributed by atoms with Crippen LogP contribution in [0.5, 0.6) is 0 Å². The molecule has 2 saturated heterocycles. The number of hydrogen-bond acceptors (Lipinski definition) is 3. The van der Waals surface area contributed by atoms with Gasteiger partial charge in [-0.2, -0.15) is 0 Å². The van der Waals surface area contributed by atoms with Crippen LogP contribution in [0.1, 0.15) is 19.8 Å². The van der Waals surface area contributed by atoms with E-state index in [1.807, 2.05) is 0 Å². The van der Waals surface area contributed by atoms with Gasteiger partial charge in [-0.25, -0.2) is 0 Å². The second-order valence-electron chi connectivity index (χ2n) is 4.46. The first kappa shape index (κ1) is 9.44. The monoisotopic (exact) mass is 183 g/mol. The van der Waals surface area contributed by atoms with Crippen molar-refractivity contribution in [3.8, 4) is 0 Å². The van der Waals surface area contributed by atoms with E-state index in [-0.39, 0.29) is 0 Å². The molecule has 0 aromatic carbocycles. The topological polar surface area (TPSA) is 18.5 Å². The number of piperazine rings is 1. The lowest BCUT2D eigenvalue weighted by Gasteiger charge is -2.41. The van der Waals surface area contributed by atoms with E-state index >= 15 is 0 Å². The SMILES string of the molecule is CC1CN(C)CCN1C1CCCN1. The molecule has 3 heteroatoms. The lowest BCUT2D eigenvalue weighted by Crippen LogP contribution is -2.56. The molecular formula is C10H21N3. The Balaban J connectivity index is 1.91. The fourth-order valence-corrected chi connectivity index (χ4v) is 2.57. The molecule has 2 aliphatic rings. The minimum Gasteiger partial charge on any atom is -0.304 e. The van der Waals surface area contributed by atoms with Crippen LogP contribution in [0.15, 0.2) is 0 Å². The van der Waals surface area contributed by atoms with E-state index in [0.29, 0.717) is 12.2 Å². The zero-order valence-corrected chi connectivity index (χ0v) is 8.79. The molecule has 0 amide bonds. The minimum absolute atomic E-state index is 0.670. The van der Waals surface area contributed by atoms with Crippen molar-refractivity contribution < 1.29 is 0 Å². The quantitative estimate of drug-likeness (QED) is 0.632. The van der Waals surface area contributed by atoms with Crippen LogP contribution in [0.2, 0.25) is 0 Å². The molecular weight excluding hydrogens is 162 g/mol. The third kappa shape index (κ3) is 2.03. The van der Waals surface area contributed by atoms with Gasteiger partial charge in [-0.05, 0) is 33.4 Å². The van der Waals surface area contributed by atoms with Crippen LogP contribution in [-0.4, -0.2) is 55.2 Å². The maximum atomic E-state index is 3.58. The Morgan fingerprint density at radius 1 is 1.31 bits per heavy atom. The predicted molar refractivity (Wildman–Crippen MR) is 54.7 cm³/mol. The van der Waals surface area contributed by atoms with E-state index < -0.39 is 0 Å². The Morgan fingerprint density at radius 2 is 2.15 bits per heavy atom. The summed E-state index contributed by atoms with van der Waals surface area (Å²) in [7, 11) is 2.22. The van der Waals surface area contributed by atoms with Crippen LogP contribution >= 0.6 is 0 Å². The molecule has 0 radical (unpaired) electrons. The molecule has 0 bridgehead atoms. The molecule has 0 aliphatic carbocycles. The van der Waals surface area contributed by atoms with E-state index in [0.717, 1.165) is 0 Å². The molecule has 2 aliphatic heterocycles. The van der Waals surface area contributed by atoms with Crippen molar-refractivity contribution >= 4 is 0 Å². The highest BCUT2D eigenvalue weighted by atomic mass is 15.3. The van der Waals surface area contributed by atoms with E-state index in [1.54, 1.807) is 0 Å². The normalized spacial score (nSPS) is 38.3. The van der Waals surface area contributed by atoms with Gasteiger partial charge in [-0.1, -0.05) is 0 Å². The summed E-state index contributed by atoms with van der Waals surface area (Å²) >= 11 is 0. The molecule has 0 spiro atoms. The van der Waals surface area contributed by atoms with Gasteiger partial charge in [0, 0.05) is 25.7 Å². The van der Waals surface area contributed by atoms with E-state index in [9.17, 15) is 0 Å². The van der Waals surface area contributed by atoms with Gasteiger partial charge in [0.1, 0.15) is 0 Å². The minimum atomic E-state index is 0.670. The fraction of sp³-hybridized carbons (Fsp3) is 1.00. The van der Waals surface area contributed by atoms with Crippen molar-refractivity contribution in [2.45, 2.75) is 32.0 Å². The molecule has 0 saturated carbocycles. The van der Waals surface area contributed by atoms with Crippen LogP contribution in [0.25, 0.3) is 0 Å². The molecule has 2 atom stereocenters. The van der Waals surface area contributed by atoms with Gasteiger partial charge in [-0.3, -0.25) is 4.90 Å². The number of nitrogens with one attached hydrogen (secondary N) is 1. The van der Waals surface area contributed by atoms with Crippen LogP contribution < -0.4 is 5.32 Å². The molecule has 0 aromatic heterocycles. The molecule has 2 heterocycles. The first-order valence-corrected chi connectivity index (χ1v) is 5.45. The van der Waals surface area contributed by atoms with Crippen molar-refractivity contribution in [1.29, 1.82) is 0 Å². The Kier molecular flexibility index (Phi) is 2.86. The number of nitrogens with zero attached hydrogens (tertiary/aromatic N) is 2. The van der Waals surface area contributed by atoms with Crippen molar-refractivity contribution in [2.24, 2.45) is 0 Å². The van der Waals surface area contributed by atoms with Gasteiger partial charge in [0.2, 0.25) is 0 Å². The van der Waals surface area contributed by atoms with Crippen LogP contribution in [-0.2, 0) is 0 Å². The van der Waals surface area contributed by atoms with Gasteiger partial charge in [0.15, 0.2) is 0 Å². The number of hydrogen-bond donors (Lipinski definition) is 1. The standard InChI is InChI=1S/C10H21N3/c1-9-8-12(2)6-7-13(9)10-4-3-5-11-10/h9-11H,3-8H2,1-2H3. The second-order valence-corrected chi connectivity index (χ2v) is 4.46. The maximum absolute atomic E-state index is 3.58. The first-order valence-electron chi connectivity index (χ1n) is 5.45. The molecule has 3 nitrogen and oxygen atoms in total. The molecule has 13 heavy (non-hydrogen) atoms. The Labute approximate surface area is 81.1 Å². The van der Waals surface area contributed by atoms with E-state index in [4.69, 9.17) is 0 Å². The summed E-state index contributed by atoms with van der Waals surface area (Å²) in [4.78, 5) is 5.06. The number of likely N-dealkylation sites (N-methyl/N-ethyl adjacent to an activating group) is 1. The highest BCUT2D eigenvalue weighted by Crippen LogP contribution is 2.16. The van der Waals surface area contributed by atoms with Crippen molar-refractivity contribution in [2.75, 3.05) is 33.2 Å². The number of rotatable bonds is 1. The summed E-state index contributed by atoms with van der Waals surface area (Å²) in [6.45, 7) is 7.23. The Hall–Kier alpha value is -0.120. The van der Waals surface area contributed by atoms with Gasteiger partial charge in [0.25, 0.3) is 0 Å². The summed E-state index contributed by atoms with van der Waals surface area (Å²) in [5.74, 6) is 0. The van der Waals surface area contributed by atoms with Crippen molar-refractivity contribution in [3.63, 3.8) is 0 Å². The lowest BCUT2D eigenvalue weighted by molar-refractivity contribution is 0.0551. The Morgan fingerprint density at radius 3 is 2.77 bits per heavy atom. The third-order valence-corrected chi connectivity index (χ3v) is 3.32. The zero-order chi connectivity index (χ0) is 9.26. The molecule has 76 valence electrons. The highest BCUT2D eigenvalue weighted by Gasteiger charge is 2.29. The van der Waals surface area contributed by atoms with E-state index in [1.165, 1.54) is 39.0 Å². The van der Waals surface area contributed by atoms with Crippen LogP contribution in [0.3, 0.4) is 0 Å². The van der Waals surface area contributed by atoms with Crippen molar-refractivity contribution in [3.05, 3.63) is 0 Å². The largest absolute Gasteiger partial charge is 0.304 e. The smallest absolute Gasteiger partial charge is 0.0600 e. The average molecular weight is 183 g/mol. The third-order valence-electron chi connectivity index (χ3n) is 3.32. The maximum Gasteiger partial charge on any atom is 0.0600 e. The summed E-state index contributed by atoms with van der Waals surface area (Å²) in [6.07, 6.45) is 3.36. The van der Waals surface area contributed by atoms with E-state index in [2.05, 4.69) is 29.1 Å². The summed E-state index contributed by atoms with van der Waals surface area (Å²) in [5.41, 5.74) is 0. The van der Waals surface area contributed by atoms with Gasteiger partial charge < -0.3 is 10.2 Å². The second kappa shape index (κ2) is 3.95. The predicted octanol–water partition coefficient (Wildman–Crippen LogP) is 0.332. The summed E-state index contributed by atoms with van der Waals surface area (Å²) in [5, 5.41) is 3.58. The van der Waals surface area contributed by atoms with Gasteiger partial charge >= 0.3 is 0 Å². The average Bonchev–Trinajstić information content (AvgIpc) is 2.56. The Bertz CT molecular complexity index is 166. The van der Waals surface area contributed by atoms with Crippen molar-refractivity contribution in [1.82, 2.24) is 15.1 Å². The molecule has 2 rings (SSSR count). The summed E-state index contributed by atoms with van der Waals surface area (Å²) in [6, 6.07) is 0.717. The van der Waals surface area contributed by atoms with Crippen LogP contribution in [0, 0.1) is 0 Å². The highest BCUT2D eigenvalue weighted by molar-refractivity contribution is 4.84. The zero-order valence-electron chi connectivity index (χ0n) is 8.79. The van der Waals surface area contributed by atoms with Gasteiger partial charge in [0.05, 0.1) is 6.17 Å². The molecule has 2 unspecified atom stereocenters. The molecule has 0 aromatic rings. The lowest BCUT2D eigenvalue weighted by atomic mass is 10.1. The van der Waals surface area contributed by atoms with Crippen LogP contribution in [0.4, 0.5) is 0 Å².